The normalized spacial score (nSPS) is 15.7. The zero-order valence-corrected chi connectivity index (χ0v) is 15.5. The fourth-order valence-electron chi connectivity index (χ4n) is 2.28. The first-order chi connectivity index (χ1) is 10.5. The smallest absolute Gasteiger partial charge is 0.345 e. The number of cyclic esters (lactones) is 1. The molecular formula is C18H22O4Si. The van der Waals surface area contributed by atoms with Crippen LogP contribution in [-0.4, -0.2) is 25.6 Å². The minimum atomic E-state index is -1.53. The van der Waals surface area contributed by atoms with Crippen molar-refractivity contribution in [2.45, 2.75) is 52.6 Å². The van der Waals surface area contributed by atoms with Crippen molar-refractivity contribution < 1.29 is 19.1 Å². The van der Waals surface area contributed by atoms with Gasteiger partial charge in [-0.1, -0.05) is 25.6 Å². The molecule has 0 unspecified atom stereocenters. The molecular weight excluding hydrogens is 308 g/mol. The van der Waals surface area contributed by atoms with Crippen molar-refractivity contribution in [2.75, 3.05) is 0 Å². The van der Waals surface area contributed by atoms with E-state index in [-0.39, 0.29) is 12.2 Å². The van der Waals surface area contributed by atoms with Gasteiger partial charge in [0.25, 0.3) is 0 Å². The maximum Gasteiger partial charge on any atom is 0.345 e. The van der Waals surface area contributed by atoms with Crippen LogP contribution in [0.25, 0.3) is 0 Å². The summed E-state index contributed by atoms with van der Waals surface area (Å²) in [6.07, 6.45) is 0.156. The van der Waals surface area contributed by atoms with Crippen molar-refractivity contribution >= 4 is 19.8 Å². The highest BCUT2D eigenvalue weighted by Gasteiger charge is 2.36. The number of ether oxygens (including phenoxy) is 2. The van der Waals surface area contributed by atoms with Crippen LogP contribution in [0.3, 0.4) is 0 Å². The Balaban J connectivity index is 2.59. The fourth-order valence-corrected chi connectivity index (χ4v) is 2.80. The van der Waals surface area contributed by atoms with E-state index in [4.69, 9.17) is 9.47 Å². The second-order valence-corrected chi connectivity index (χ2v) is 12.0. The summed E-state index contributed by atoms with van der Waals surface area (Å²) in [6.45, 7) is 11.3. The van der Waals surface area contributed by atoms with Gasteiger partial charge in [0.15, 0.2) is 0 Å². The Morgan fingerprint density at radius 2 is 1.87 bits per heavy atom. The molecule has 2 rings (SSSR count). The maximum atomic E-state index is 12.3. The lowest BCUT2D eigenvalue weighted by Crippen LogP contribution is -2.39. The van der Waals surface area contributed by atoms with Crippen molar-refractivity contribution in [3.8, 4) is 17.2 Å². The lowest BCUT2D eigenvalue weighted by Gasteiger charge is -2.32. The van der Waals surface area contributed by atoms with Gasteiger partial charge in [-0.05, 0) is 24.6 Å². The molecule has 0 atom stereocenters. The summed E-state index contributed by atoms with van der Waals surface area (Å²) in [4.78, 5) is 23.8. The fraction of sp³-hybridized carbons (Fsp3) is 0.444. The number of Topliss-reactive ketones (excluding diaryl/α,β-unsaturated/α-hetero) is 1. The van der Waals surface area contributed by atoms with E-state index in [0.717, 1.165) is 5.56 Å². The molecule has 0 aromatic heterocycles. The van der Waals surface area contributed by atoms with Gasteiger partial charge in [0.05, 0.1) is 0 Å². The van der Waals surface area contributed by atoms with Gasteiger partial charge in [-0.2, -0.15) is 0 Å². The van der Waals surface area contributed by atoms with Gasteiger partial charge in [-0.15, -0.1) is 5.54 Å². The summed E-state index contributed by atoms with van der Waals surface area (Å²) < 4.78 is 11.0. The molecule has 5 heteroatoms. The Hall–Kier alpha value is -2.06. The van der Waals surface area contributed by atoms with Crippen LogP contribution in [0.2, 0.25) is 19.6 Å². The molecule has 0 saturated carbocycles. The maximum absolute atomic E-state index is 12.3. The molecule has 0 saturated heterocycles. The molecule has 1 heterocycles. The zero-order valence-electron chi connectivity index (χ0n) is 14.5. The van der Waals surface area contributed by atoms with Gasteiger partial charge >= 0.3 is 5.97 Å². The highest BCUT2D eigenvalue weighted by atomic mass is 28.3. The first-order valence-electron chi connectivity index (χ1n) is 7.59. The van der Waals surface area contributed by atoms with Gasteiger partial charge in [-0.25, -0.2) is 4.79 Å². The second kappa shape index (κ2) is 5.86. The number of fused-ring (bicyclic) bond motifs is 1. The van der Waals surface area contributed by atoms with Crippen LogP contribution in [0.5, 0.6) is 5.75 Å². The lowest BCUT2D eigenvalue weighted by atomic mass is 9.97. The molecule has 0 aliphatic carbocycles. The summed E-state index contributed by atoms with van der Waals surface area (Å²) in [5.41, 5.74) is 4.99. The highest BCUT2D eigenvalue weighted by molar-refractivity contribution is 6.83. The van der Waals surface area contributed by atoms with Gasteiger partial charge in [-0.3, -0.25) is 4.79 Å². The van der Waals surface area contributed by atoms with E-state index in [1.807, 2.05) is 0 Å². The van der Waals surface area contributed by atoms with E-state index in [1.54, 1.807) is 26.0 Å². The largest absolute Gasteiger partial charge is 0.452 e. The van der Waals surface area contributed by atoms with Crippen LogP contribution >= 0.6 is 0 Å². The third-order valence-electron chi connectivity index (χ3n) is 3.10. The zero-order chi connectivity index (χ0) is 17.4. The molecule has 1 aliphatic heterocycles. The number of esters is 1. The number of rotatable bonds is 2. The average Bonchev–Trinajstić information content (AvgIpc) is 2.32. The Bertz CT molecular complexity index is 730. The monoisotopic (exact) mass is 330 g/mol. The third kappa shape index (κ3) is 4.46. The SMILES string of the molecule is CC(=O)Cc1cc(C#C[Si](C)(C)C)cc2c1C(=O)OC(C)(C)O2. The molecule has 1 aromatic carbocycles. The van der Waals surface area contributed by atoms with Crippen molar-refractivity contribution in [3.05, 3.63) is 28.8 Å². The number of hydrogen-bond donors (Lipinski definition) is 0. The van der Waals surface area contributed by atoms with Crippen LogP contribution in [0.1, 0.15) is 42.3 Å². The summed E-state index contributed by atoms with van der Waals surface area (Å²) in [5.74, 6) is 2.08. The first-order valence-corrected chi connectivity index (χ1v) is 11.1. The molecule has 0 N–H and O–H groups in total. The van der Waals surface area contributed by atoms with Gasteiger partial charge < -0.3 is 9.47 Å². The number of ketones is 1. The summed E-state index contributed by atoms with van der Waals surface area (Å²) in [7, 11) is -1.53. The van der Waals surface area contributed by atoms with Crippen molar-refractivity contribution in [2.24, 2.45) is 0 Å². The van der Waals surface area contributed by atoms with Crippen molar-refractivity contribution in [3.63, 3.8) is 0 Å². The minimum absolute atomic E-state index is 0.0276. The molecule has 0 amide bonds. The quantitative estimate of drug-likeness (QED) is 0.474. The predicted molar refractivity (Wildman–Crippen MR) is 91.2 cm³/mol. The predicted octanol–water partition coefficient (Wildman–Crippen LogP) is 3.33. The molecule has 122 valence electrons. The van der Waals surface area contributed by atoms with E-state index < -0.39 is 19.8 Å². The molecule has 0 bridgehead atoms. The molecule has 0 spiro atoms. The Morgan fingerprint density at radius 3 is 2.43 bits per heavy atom. The summed E-state index contributed by atoms with van der Waals surface area (Å²) in [6, 6.07) is 3.55. The Morgan fingerprint density at radius 1 is 1.22 bits per heavy atom. The summed E-state index contributed by atoms with van der Waals surface area (Å²) in [5, 5.41) is 0. The number of hydrogen-bond acceptors (Lipinski definition) is 4. The molecule has 1 aromatic rings. The van der Waals surface area contributed by atoms with E-state index in [1.165, 1.54) is 6.92 Å². The molecule has 0 fully saturated rings. The van der Waals surface area contributed by atoms with Gasteiger partial charge in [0.2, 0.25) is 5.79 Å². The van der Waals surface area contributed by atoms with E-state index in [9.17, 15) is 9.59 Å². The second-order valence-electron chi connectivity index (χ2n) is 7.28. The Labute approximate surface area is 138 Å². The van der Waals surface area contributed by atoms with Gasteiger partial charge in [0.1, 0.15) is 25.2 Å². The van der Waals surface area contributed by atoms with E-state index in [0.29, 0.717) is 16.9 Å². The Kier molecular flexibility index (Phi) is 4.40. The first kappa shape index (κ1) is 17.3. The number of carbonyl (C=O) groups excluding carboxylic acids is 2. The van der Waals surface area contributed by atoms with Gasteiger partial charge in [0, 0.05) is 25.8 Å². The van der Waals surface area contributed by atoms with Crippen molar-refractivity contribution in [1.29, 1.82) is 0 Å². The van der Waals surface area contributed by atoms with Crippen LogP contribution in [0.15, 0.2) is 12.1 Å². The van der Waals surface area contributed by atoms with Crippen molar-refractivity contribution in [1.82, 2.24) is 0 Å². The molecule has 23 heavy (non-hydrogen) atoms. The number of carbonyl (C=O) groups is 2. The molecule has 1 aliphatic rings. The van der Waals surface area contributed by atoms with Crippen LogP contribution in [0.4, 0.5) is 0 Å². The summed E-state index contributed by atoms with van der Waals surface area (Å²) >= 11 is 0. The van der Waals surface area contributed by atoms with Crippen LogP contribution in [-0.2, 0) is 16.0 Å². The number of benzene rings is 1. The average molecular weight is 330 g/mol. The standard InChI is InChI=1S/C18H22O4Si/c1-12(19)9-14-10-13(7-8-23(4,5)6)11-15-16(14)17(20)22-18(2,3)21-15/h10-11H,9H2,1-6H3. The molecule has 4 nitrogen and oxygen atoms in total. The third-order valence-corrected chi connectivity index (χ3v) is 3.98. The highest BCUT2D eigenvalue weighted by Crippen LogP contribution is 2.34. The van der Waals surface area contributed by atoms with E-state index in [2.05, 4.69) is 31.1 Å². The minimum Gasteiger partial charge on any atom is -0.452 e. The lowest BCUT2D eigenvalue weighted by molar-refractivity contribution is -0.127. The molecule has 0 radical (unpaired) electrons. The van der Waals surface area contributed by atoms with Crippen LogP contribution < -0.4 is 4.74 Å². The van der Waals surface area contributed by atoms with Crippen LogP contribution in [0, 0.1) is 11.5 Å². The topological polar surface area (TPSA) is 52.6 Å². The van der Waals surface area contributed by atoms with E-state index >= 15 is 0 Å².